The largest absolute Gasteiger partial charge is 0.493 e. The van der Waals surface area contributed by atoms with Crippen molar-refractivity contribution in [3.05, 3.63) is 59.9 Å². The minimum Gasteiger partial charge on any atom is -0.467 e. The fourth-order valence-corrected chi connectivity index (χ4v) is 2.48. The second kappa shape index (κ2) is 9.69. The monoisotopic (exact) mass is 356 g/mol. The smallest absolute Gasteiger partial charge is 0.467 e. The highest BCUT2D eigenvalue weighted by molar-refractivity contribution is 6.61. The lowest BCUT2D eigenvalue weighted by molar-refractivity contribution is -0.142. The number of amides is 1. The van der Waals surface area contributed by atoms with E-state index in [9.17, 15) is 9.59 Å². The van der Waals surface area contributed by atoms with E-state index in [1.165, 1.54) is 13.3 Å². The number of nitrogens with zero attached hydrogens (tertiary/aromatic N) is 1. The number of benzene rings is 1. The molecule has 0 aliphatic rings. The van der Waals surface area contributed by atoms with Crippen molar-refractivity contribution in [1.82, 2.24) is 10.3 Å². The van der Waals surface area contributed by atoms with Crippen LogP contribution in [0.2, 0.25) is 0 Å². The van der Waals surface area contributed by atoms with Gasteiger partial charge in [0, 0.05) is 26.8 Å². The lowest BCUT2D eigenvalue weighted by Crippen LogP contribution is -2.43. The van der Waals surface area contributed by atoms with Crippen molar-refractivity contribution in [3.63, 3.8) is 0 Å². The Balaban J connectivity index is 2.10. The fraction of sp³-hybridized carbons (Fsp3) is 0.278. The molecular formula is C18H21BN2O5. The first-order chi connectivity index (χ1) is 12.6. The van der Waals surface area contributed by atoms with Crippen molar-refractivity contribution >= 4 is 24.5 Å². The topological polar surface area (TPSA) is 86.8 Å². The molecule has 0 aliphatic carbocycles. The number of rotatable bonds is 8. The molecule has 1 aromatic carbocycles. The van der Waals surface area contributed by atoms with Gasteiger partial charge in [-0.2, -0.15) is 0 Å². The number of hydrogen-bond donors (Lipinski definition) is 1. The number of ether oxygens (including phenoxy) is 1. The van der Waals surface area contributed by atoms with E-state index in [1.807, 2.05) is 24.3 Å². The summed E-state index contributed by atoms with van der Waals surface area (Å²) in [5.41, 5.74) is 1.95. The molecule has 0 spiro atoms. The highest BCUT2D eigenvalue weighted by Gasteiger charge is 2.24. The van der Waals surface area contributed by atoms with E-state index in [0.717, 1.165) is 11.0 Å². The van der Waals surface area contributed by atoms with E-state index >= 15 is 0 Å². The predicted molar refractivity (Wildman–Crippen MR) is 97.1 cm³/mol. The summed E-state index contributed by atoms with van der Waals surface area (Å²) in [5, 5.41) is 2.67. The van der Waals surface area contributed by atoms with E-state index in [-0.39, 0.29) is 12.1 Å². The molecule has 1 N–H and O–H groups in total. The second-order valence-corrected chi connectivity index (χ2v) is 5.51. The molecule has 0 bridgehead atoms. The molecule has 136 valence electrons. The number of pyridine rings is 1. The molecule has 7 nitrogen and oxygen atoms in total. The van der Waals surface area contributed by atoms with Gasteiger partial charge in [-0.3, -0.25) is 9.78 Å². The Bertz CT molecular complexity index is 720. The number of aromatic nitrogens is 1. The molecule has 2 aromatic rings. The highest BCUT2D eigenvalue weighted by atomic mass is 16.6. The molecule has 1 aromatic heterocycles. The Morgan fingerprint density at radius 2 is 1.77 bits per heavy atom. The summed E-state index contributed by atoms with van der Waals surface area (Å²) in [6, 6.07) is 11.6. The van der Waals surface area contributed by atoms with Gasteiger partial charge in [-0.1, -0.05) is 30.3 Å². The van der Waals surface area contributed by atoms with Crippen LogP contribution in [-0.4, -0.2) is 51.4 Å². The Morgan fingerprint density at radius 1 is 1.08 bits per heavy atom. The van der Waals surface area contributed by atoms with E-state index in [4.69, 9.17) is 14.0 Å². The third-order valence-corrected chi connectivity index (χ3v) is 3.81. The maximum atomic E-state index is 12.3. The number of carbonyl (C=O) groups is 2. The molecular weight excluding hydrogens is 335 g/mol. The van der Waals surface area contributed by atoms with Gasteiger partial charge < -0.3 is 19.4 Å². The van der Waals surface area contributed by atoms with Crippen LogP contribution in [0.4, 0.5) is 0 Å². The lowest BCUT2D eigenvalue weighted by Gasteiger charge is -2.17. The SMILES string of the molecule is COB(OC)c1ccc(C[C@H](NC(=O)c2ccccn2)C(=O)OC)cc1. The number of esters is 1. The highest BCUT2D eigenvalue weighted by Crippen LogP contribution is 2.06. The third kappa shape index (κ3) is 5.14. The normalized spacial score (nSPS) is 11.5. The van der Waals surface area contributed by atoms with Crippen molar-refractivity contribution in [2.45, 2.75) is 12.5 Å². The number of carbonyl (C=O) groups excluding carboxylic acids is 2. The average Bonchev–Trinajstić information content (AvgIpc) is 2.69. The van der Waals surface area contributed by atoms with Crippen LogP contribution >= 0.6 is 0 Å². The Kier molecular flexibility index (Phi) is 7.31. The fourth-order valence-electron chi connectivity index (χ4n) is 2.48. The molecule has 26 heavy (non-hydrogen) atoms. The Labute approximate surface area is 152 Å². The number of methoxy groups -OCH3 is 1. The van der Waals surface area contributed by atoms with Gasteiger partial charge in [0.2, 0.25) is 0 Å². The molecule has 8 heteroatoms. The Morgan fingerprint density at radius 3 is 2.31 bits per heavy atom. The van der Waals surface area contributed by atoms with Crippen LogP contribution in [0.5, 0.6) is 0 Å². The van der Waals surface area contributed by atoms with Gasteiger partial charge in [0.05, 0.1) is 7.11 Å². The second-order valence-electron chi connectivity index (χ2n) is 5.51. The molecule has 1 heterocycles. The van der Waals surface area contributed by atoms with Crippen LogP contribution < -0.4 is 10.8 Å². The molecule has 1 atom stereocenters. The summed E-state index contributed by atoms with van der Waals surface area (Å²) in [6.07, 6.45) is 1.80. The number of hydrogen-bond acceptors (Lipinski definition) is 6. The third-order valence-electron chi connectivity index (χ3n) is 3.81. The lowest BCUT2D eigenvalue weighted by atomic mass is 9.78. The van der Waals surface area contributed by atoms with Gasteiger partial charge in [0.25, 0.3) is 5.91 Å². The molecule has 0 fully saturated rings. The Hall–Kier alpha value is -2.71. The summed E-state index contributed by atoms with van der Waals surface area (Å²) >= 11 is 0. The first kappa shape index (κ1) is 19.6. The van der Waals surface area contributed by atoms with Crippen molar-refractivity contribution in [3.8, 4) is 0 Å². The van der Waals surface area contributed by atoms with Crippen molar-refractivity contribution in [2.24, 2.45) is 0 Å². The van der Waals surface area contributed by atoms with Crippen LogP contribution in [-0.2, 0) is 25.3 Å². The first-order valence-electron chi connectivity index (χ1n) is 8.03. The van der Waals surface area contributed by atoms with Crippen LogP contribution in [0.15, 0.2) is 48.7 Å². The predicted octanol–water partition coefficient (Wildman–Crippen LogP) is 0.584. The minimum atomic E-state index is -0.819. The zero-order valence-electron chi connectivity index (χ0n) is 15.0. The molecule has 0 saturated heterocycles. The van der Waals surface area contributed by atoms with E-state index in [1.54, 1.807) is 32.4 Å². The standard InChI is InChI=1S/C18H21BN2O5/c1-24-18(23)16(21-17(22)15-6-4-5-11-20-15)12-13-7-9-14(10-8-13)19(25-2)26-3/h4-11,16H,12H2,1-3H3,(H,21,22)/t16-/m0/s1. The molecule has 1 amide bonds. The maximum Gasteiger partial charge on any atom is 0.493 e. The van der Waals surface area contributed by atoms with E-state index < -0.39 is 25.0 Å². The maximum absolute atomic E-state index is 12.3. The van der Waals surface area contributed by atoms with E-state index in [2.05, 4.69) is 10.3 Å². The summed E-state index contributed by atoms with van der Waals surface area (Å²) in [5.74, 6) is -0.957. The molecule has 0 radical (unpaired) electrons. The average molecular weight is 356 g/mol. The van der Waals surface area contributed by atoms with Crippen molar-refractivity contribution in [2.75, 3.05) is 21.3 Å². The quantitative estimate of drug-likeness (QED) is 0.550. The van der Waals surface area contributed by atoms with Crippen molar-refractivity contribution < 1.29 is 23.6 Å². The van der Waals surface area contributed by atoms with Crippen LogP contribution in [0.3, 0.4) is 0 Å². The van der Waals surface area contributed by atoms with E-state index in [0.29, 0.717) is 0 Å². The molecule has 2 rings (SSSR count). The van der Waals surface area contributed by atoms with Gasteiger partial charge in [0.15, 0.2) is 0 Å². The summed E-state index contributed by atoms with van der Waals surface area (Å²) in [7, 11) is 3.95. The summed E-state index contributed by atoms with van der Waals surface area (Å²) in [6.45, 7) is 0. The van der Waals surface area contributed by atoms with Crippen molar-refractivity contribution in [1.29, 1.82) is 0 Å². The molecule has 0 aliphatic heterocycles. The molecule has 0 saturated carbocycles. The molecule has 0 unspecified atom stereocenters. The van der Waals surface area contributed by atoms with Gasteiger partial charge in [0.1, 0.15) is 11.7 Å². The van der Waals surface area contributed by atoms with Gasteiger partial charge in [-0.05, 0) is 23.2 Å². The minimum absolute atomic E-state index is 0.236. The van der Waals surface area contributed by atoms with Gasteiger partial charge in [-0.25, -0.2) is 4.79 Å². The first-order valence-corrected chi connectivity index (χ1v) is 8.03. The zero-order chi connectivity index (χ0) is 18.9. The number of nitrogens with one attached hydrogen (secondary N) is 1. The van der Waals surface area contributed by atoms with Crippen LogP contribution in [0.25, 0.3) is 0 Å². The van der Waals surface area contributed by atoms with Gasteiger partial charge in [-0.15, -0.1) is 0 Å². The summed E-state index contributed by atoms with van der Waals surface area (Å²) in [4.78, 5) is 28.3. The van der Waals surface area contributed by atoms with Gasteiger partial charge >= 0.3 is 13.1 Å². The van der Waals surface area contributed by atoms with Crippen LogP contribution in [0, 0.1) is 0 Å². The zero-order valence-corrected chi connectivity index (χ0v) is 15.0. The van der Waals surface area contributed by atoms with Crippen LogP contribution in [0.1, 0.15) is 16.1 Å². The summed E-state index contributed by atoms with van der Waals surface area (Å²) < 4.78 is 15.2.